The highest BCUT2D eigenvalue weighted by molar-refractivity contribution is 5.80. The second-order valence-corrected chi connectivity index (χ2v) is 7.80. The number of para-hydroxylation sites is 1. The fourth-order valence-electron chi connectivity index (χ4n) is 3.64. The van der Waals surface area contributed by atoms with Gasteiger partial charge in [-0.15, -0.1) is 0 Å². The molecule has 3 rings (SSSR count). The Morgan fingerprint density at radius 2 is 1.68 bits per heavy atom. The molecule has 0 aliphatic carbocycles. The predicted molar refractivity (Wildman–Crippen MR) is 118 cm³/mol. The van der Waals surface area contributed by atoms with Crippen molar-refractivity contribution in [2.75, 3.05) is 44.3 Å². The molecule has 0 saturated carbocycles. The summed E-state index contributed by atoms with van der Waals surface area (Å²) in [6.07, 6.45) is 1.72. The first-order valence-corrected chi connectivity index (χ1v) is 10.7. The Morgan fingerprint density at radius 3 is 2.39 bits per heavy atom. The number of halogens is 1. The van der Waals surface area contributed by atoms with Crippen molar-refractivity contribution in [2.24, 2.45) is 0 Å². The van der Waals surface area contributed by atoms with Gasteiger partial charge < -0.3 is 19.9 Å². The van der Waals surface area contributed by atoms with Gasteiger partial charge in [0.15, 0.2) is 0 Å². The minimum atomic E-state index is -0.255. The average molecular weight is 428 g/mol. The predicted octanol–water partition coefficient (Wildman–Crippen LogP) is 2.63. The Labute approximate surface area is 183 Å². The lowest BCUT2D eigenvalue weighted by Gasteiger charge is -2.36. The van der Waals surface area contributed by atoms with E-state index in [1.54, 1.807) is 23.1 Å². The summed E-state index contributed by atoms with van der Waals surface area (Å²) in [7, 11) is 0. The first-order valence-electron chi connectivity index (χ1n) is 10.7. The van der Waals surface area contributed by atoms with Gasteiger partial charge in [0.2, 0.25) is 11.8 Å². The molecule has 166 valence electrons. The van der Waals surface area contributed by atoms with Gasteiger partial charge in [0.1, 0.15) is 19.0 Å². The number of piperazine rings is 1. The molecule has 2 aromatic rings. The third-order valence-electron chi connectivity index (χ3n) is 5.40. The number of rotatable bonds is 9. The van der Waals surface area contributed by atoms with Crippen molar-refractivity contribution in [3.05, 3.63) is 66.0 Å². The van der Waals surface area contributed by atoms with Gasteiger partial charge in [0, 0.05) is 32.2 Å². The normalized spacial score (nSPS) is 14.9. The molecule has 1 aliphatic rings. The lowest BCUT2D eigenvalue weighted by Crippen LogP contribution is -2.50. The maximum Gasteiger partial charge on any atom is 0.248 e. The van der Waals surface area contributed by atoms with Gasteiger partial charge in [0.25, 0.3) is 0 Å². The monoisotopic (exact) mass is 427 g/mol. The number of hydrogen-bond acceptors (Lipinski definition) is 4. The van der Waals surface area contributed by atoms with Crippen LogP contribution >= 0.6 is 0 Å². The van der Waals surface area contributed by atoms with E-state index < -0.39 is 0 Å². The highest BCUT2D eigenvalue weighted by atomic mass is 19.1. The molecular formula is C24H30FN3O3. The Kier molecular flexibility index (Phi) is 8.41. The highest BCUT2D eigenvalue weighted by Crippen LogP contribution is 2.20. The quantitative estimate of drug-likeness (QED) is 0.668. The van der Waals surface area contributed by atoms with Crippen molar-refractivity contribution in [1.82, 2.24) is 10.2 Å². The van der Waals surface area contributed by atoms with E-state index in [-0.39, 0.29) is 36.9 Å². The summed E-state index contributed by atoms with van der Waals surface area (Å²) in [5.74, 6) is -0.634. The van der Waals surface area contributed by atoms with Gasteiger partial charge in [-0.05, 0) is 37.5 Å². The number of nitrogens with zero attached hydrogens (tertiary/aromatic N) is 2. The van der Waals surface area contributed by atoms with Crippen molar-refractivity contribution in [3.8, 4) is 0 Å². The summed E-state index contributed by atoms with van der Waals surface area (Å²) in [5.41, 5.74) is 1.80. The number of benzene rings is 2. The van der Waals surface area contributed by atoms with Crippen LogP contribution in [0, 0.1) is 5.82 Å². The van der Waals surface area contributed by atoms with E-state index in [2.05, 4.69) is 17.4 Å². The number of anilines is 1. The number of hydrogen-bond donors (Lipinski definition) is 1. The summed E-state index contributed by atoms with van der Waals surface area (Å²) < 4.78 is 19.2. The second kappa shape index (κ2) is 11.5. The number of carbonyl (C=O) groups is 2. The van der Waals surface area contributed by atoms with Gasteiger partial charge >= 0.3 is 0 Å². The maximum atomic E-state index is 13.9. The molecule has 0 radical (unpaired) electrons. The number of nitrogens with one attached hydrogen (secondary N) is 1. The topological polar surface area (TPSA) is 61.9 Å². The average Bonchev–Trinajstić information content (AvgIpc) is 2.79. The minimum absolute atomic E-state index is 0.0264. The molecule has 6 nitrogen and oxygen atoms in total. The zero-order chi connectivity index (χ0) is 22.1. The largest absolute Gasteiger partial charge is 0.366 e. The van der Waals surface area contributed by atoms with Gasteiger partial charge in [-0.2, -0.15) is 0 Å². The highest BCUT2D eigenvalue weighted by Gasteiger charge is 2.22. The number of ether oxygens (including phenoxy) is 1. The minimum Gasteiger partial charge on any atom is -0.366 e. The maximum absolute atomic E-state index is 13.9. The Balaban J connectivity index is 1.31. The van der Waals surface area contributed by atoms with E-state index in [4.69, 9.17) is 4.74 Å². The summed E-state index contributed by atoms with van der Waals surface area (Å²) in [6, 6.07) is 16.8. The van der Waals surface area contributed by atoms with Crippen LogP contribution in [0.25, 0.3) is 0 Å². The molecule has 2 amide bonds. The molecule has 1 fully saturated rings. The third kappa shape index (κ3) is 7.07. The van der Waals surface area contributed by atoms with E-state index in [9.17, 15) is 14.0 Å². The number of carbonyl (C=O) groups excluding carboxylic acids is 2. The molecule has 7 heteroatoms. The fraction of sp³-hybridized carbons (Fsp3) is 0.417. The molecule has 0 aromatic heterocycles. The third-order valence-corrected chi connectivity index (χ3v) is 5.40. The van der Waals surface area contributed by atoms with E-state index >= 15 is 0 Å². The SMILES string of the molecule is C[C@@H](CCc1ccccc1)NC(=O)COCC(=O)N1CCN(c2ccccc2F)CC1. The van der Waals surface area contributed by atoms with Gasteiger partial charge in [-0.1, -0.05) is 42.5 Å². The summed E-state index contributed by atoms with van der Waals surface area (Å²) in [5, 5.41) is 2.90. The van der Waals surface area contributed by atoms with E-state index in [0.717, 1.165) is 12.8 Å². The van der Waals surface area contributed by atoms with Crippen LogP contribution in [0.5, 0.6) is 0 Å². The number of amides is 2. The van der Waals surface area contributed by atoms with Crippen LogP contribution in [0.3, 0.4) is 0 Å². The first kappa shape index (κ1) is 22.7. The molecule has 0 spiro atoms. The first-order chi connectivity index (χ1) is 15.0. The van der Waals surface area contributed by atoms with Gasteiger partial charge in [-0.3, -0.25) is 9.59 Å². The molecule has 1 heterocycles. The van der Waals surface area contributed by atoms with Crippen LogP contribution in [0.1, 0.15) is 18.9 Å². The standard InChI is InChI=1S/C24H30FN3O3/c1-19(11-12-20-7-3-2-4-8-20)26-23(29)17-31-18-24(30)28-15-13-27(14-16-28)22-10-6-5-9-21(22)25/h2-10,19H,11-18H2,1H3,(H,26,29)/t19-/m0/s1. The van der Waals surface area contributed by atoms with Crippen molar-refractivity contribution >= 4 is 17.5 Å². The van der Waals surface area contributed by atoms with Crippen LogP contribution < -0.4 is 10.2 Å². The lowest BCUT2D eigenvalue weighted by molar-refractivity contribution is -0.138. The Hall–Kier alpha value is -2.93. The summed E-state index contributed by atoms with van der Waals surface area (Å²) in [4.78, 5) is 28.0. The van der Waals surface area contributed by atoms with Crippen LogP contribution in [0.15, 0.2) is 54.6 Å². The molecule has 1 aliphatic heterocycles. The van der Waals surface area contributed by atoms with E-state index in [0.29, 0.717) is 31.9 Å². The van der Waals surface area contributed by atoms with E-state index in [1.807, 2.05) is 30.0 Å². The molecule has 0 unspecified atom stereocenters. The molecule has 2 aromatic carbocycles. The molecule has 1 saturated heterocycles. The fourth-order valence-corrected chi connectivity index (χ4v) is 3.64. The summed E-state index contributed by atoms with van der Waals surface area (Å²) in [6.45, 7) is 3.81. The molecule has 1 atom stereocenters. The molecule has 1 N–H and O–H groups in total. The number of aryl methyl sites for hydroxylation is 1. The Morgan fingerprint density at radius 1 is 1.00 bits per heavy atom. The van der Waals surface area contributed by atoms with Crippen LogP contribution in [-0.2, 0) is 20.7 Å². The van der Waals surface area contributed by atoms with Crippen LogP contribution in [0.2, 0.25) is 0 Å². The molecule has 31 heavy (non-hydrogen) atoms. The smallest absolute Gasteiger partial charge is 0.248 e. The van der Waals surface area contributed by atoms with Gasteiger partial charge in [-0.25, -0.2) is 4.39 Å². The molecular weight excluding hydrogens is 397 g/mol. The molecule has 0 bridgehead atoms. The van der Waals surface area contributed by atoms with Crippen molar-refractivity contribution in [1.29, 1.82) is 0 Å². The summed E-state index contributed by atoms with van der Waals surface area (Å²) >= 11 is 0. The van der Waals surface area contributed by atoms with Crippen LogP contribution in [0.4, 0.5) is 10.1 Å². The Bertz CT molecular complexity index is 854. The van der Waals surface area contributed by atoms with Crippen molar-refractivity contribution in [3.63, 3.8) is 0 Å². The zero-order valence-electron chi connectivity index (χ0n) is 17.9. The van der Waals surface area contributed by atoms with E-state index in [1.165, 1.54) is 11.6 Å². The van der Waals surface area contributed by atoms with Gasteiger partial charge in [0.05, 0.1) is 5.69 Å². The lowest BCUT2D eigenvalue weighted by atomic mass is 10.1. The van der Waals surface area contributed by atoms with Crippen molar-refractivity contribution in [2.45, 2.75) is 25.8 Å². The van der Waals surface area contributed by atoms with Crippen molar-refractivity contribution < 1.29 is 18.7 Å². The van der Waals surface area contributed by atoms with Crippen LogP contribution in [-0.4, -0.2) is 62.1 Å². The second-order valence-electron chi connectivity index (χ2n) is 7.80. The zero-order valence-corrected chi connectivity index (χ0v) is 17.9.